The quantitative estimate of drug-likeness (QED) is 0.617. The van der Waals surface area contributed by atoms with Crippen LogP contribution in [-0.2, 0) is 6.42 Å². The summed E-state index contributed by atoms with van der Waals surface area (Å²) in [6, 6.07) is 21.1. The molecule has 2 aromatic rings. The van der Waals surface area contributed by atoms with Crippen LogP contribution in [0.5, 0.6) is 0 Å². The fraction of sp³-hybridized carbons (Fsp3) is 0.0769. The summed E-state index contributed by atoms with van der Waals surface area (Å²) in [6.45, 7) is 0. The SMILES string of the molecule is [LiH].c1ccc(Cc2ccccc2)cc1. The molecule has 0 radical (unpaired) electrons. The topological polar surface area (TPSA) is 0 Å². The smallest absolute Gasteiger partial charge is 0.00258 e. The van der Waals surface area contributed by atoms with Gasteiger partial charge in [-0.25, -0.2) is 0 Å². The van der Waals surface area contributed by atoms with E-state index in [1.807, 2.05) is 0 Å². The summed E-state index contributed by atoms with van der Waals surface area (Å²) in [5.74, 6) is 0. The molecular weight excluding hydrogens is 163 g/mol. The van der Waals surface area contributed by atoms with Crippen molar-refractivity contribution in [2.45, 2.75) is 6.42 Å². The van der Waals surface area contributed by atoms with Crippen LogP contribution < -0.4 is 0 Å². The van der Waals surface area contributed by atoms with Crippen molar-refractivity contribution in [2.24, 2.45) is 0 Å². The molecule has 0 unspecified atom stereocenters. The summed E-state index contributed by atoms with van der Waals surface area (Å²) in [6.07, 6.45) is 1.03. The Morgan fingerprint density at radius 2 is 0.929 bits per heavy atom. The van der Waals surface area contributed by atoms with Gasteiger partial charge in [-0.15, -0.1) is 0 Å². The Balaban J connectivity index is 0.000000980. The van der Waals surface area contributed by atoms with E-state index in [1.54, 1.807) is 0 Å². The van der Waals surface area contributed by atoms with Crippen molar-refractivity contribution in [1.82, 2.24) is 0 Å². The van der Waals surface area contributed by atoms with E-state index in [0.717, 1.165) is 6.42 Å². The molecule has 0 aliphatic rings. The zero-order chi connectivity index (χ0) is 8.93. The van der Waals surface area contributed by atoms with Crippen LogP contribution in [0, 0.1) is 0 Å². The van der Waals surface area contributed by atoms with Crippen molar-refractivity contribution in [3.05, 3.63) is 71.8 Å². The second kappa shape index (κ2) is 5.70. The Bertz CT molecular complexity index is 316. The van der Waals surface area contributed by atoms with E-state index in [-0.39, 0.29) is 18.9 Å². The molecule has 0 N–H and O–H groups in total. The zero-order valence-electron chi connectivity index (χ0n) is 7.48. The number of rotatable bonds is 2. The maximum atomic E-state index is 2.16. The Morgan fingerprint density at radius 3 is 1.29 bits per heavy atom. The average molecular weight is 176 g/mol. The Hall–Kier alpha value is -0.963. The Kier molecular flexibility index (Phi) is 4.53. The van der Waals surface area contributed by atoms with E-state index >= 15 is 0 Å². The first-order valence-electron chi connectivity index (χ1n) is 4.53. The zero-order valence-corrected chi connectivity index (χ0v) is 7.48. The molecule has 0 spiro atoms. The van der Waals surface area contributed by atoms with Gasteiger partial charge in [0.1, 0.15) is 0 Å². The Labute approximate surface area is 97.2 Å². The summed E-state index contributed by atoms with van der Waals surface area (Å²) >= 11 is 0. The fourth-order valence-electron chi connectivity index (χ4n) is 1.43. The first-order valence-corrected chi connectivity index (χ1v) is 4.53. The van der Waals surface area contributed by atoms with Gasteiger partial charge in [-0.2, -0.15) is 0 Å². The molecule has 0 heterocycles. The van der Waals surface area contributed by atoms with E-state index in [1.165, 1.54) is 11.1 Å². The maximum Gasteiger partial charge on any atom is -0.00258 e. The summed E-state index contributed by atoms with van der Waals surface area (Å²) in [4.78, 5) is 0. The van der Waals surface area contributed by atoms with Gasteiger partial charge in [-0.3, -0.25) is 0 Å². The van der Waals surface area contributed by atoms with Crippen molar-refractivity contribution in [2.75, 3.05) is 0 Å². The minimum absolute atomic E-state index is 0. The average Bonchev–Trinajstić information content (AvgIpc) is 2.21. The minimum Gasteiger partial charge on any atom is -0.0622 e. The van der Waals surface area contributed by atoms with Crippen LogP contribution >= 0.6 is 0 Å². The van der Waals surface area contributed by atoms with E-state index in [4.69, 9.17) is 0 Å². The third kappa shape index (κ3) is 3.07. The van der Waals surface area contributed by atoms with Crippen LogP contribution in [0.1, 0.15) is 11.1 Å². The first-order chi connectivity index (χ1) is 6.45. The van der Waals surface area contributed by atoms with Gasteiger partial charge in [0, 0.05) is 0 Å². The number of benzene rings is 2. The van der Waals surface area contributed by atoms with Gasteiger partial charge in [0.05, 0.1) is 0 Å². The molecule has 0 aliphatic carbocycles. The van der Waals surface area contributed by atoms with Crippen LogP contribution in [-0.4, -0.2) is 18.9 Å². The van der Waals surface area contributed by atoms with Crippen LogP contribution in [0.15, 0.2) is 60.7 Å². The molecule has 0 fully saturated rings. The van der Waals surface area contributed by atoms with Gasteiger partial charge in [-0.05, 0) is 17.5 Å². The van der Waals surface area contributed by atoms with Crippen LogP contribution in [0.4, 0.5) is 0 Å². The summed E-state index contributed by atoms with van der Waals surface area (Å²) in [5, 5.41) is 0. The molecule has 66 valence electrons. The molecule has 0 nitrogen and oxygen atoms in total. The molecule has 14 heavy (non-hydrogen) atoms. The molecule has 0 aromatic heterocycles. The van der Waals surface area contributed by atoms with Crippen LogP contribution in [0.25, 0.3) is 0 Å². The summed E-state index contributed by atoms with van der Waals surface area (Å²) in [5.41, 5.74) is 2.74. The van der Waals surface area contributed by atoms with Crippen molar-refractivity contribution < 1.29 is 0 Å². The molecule has 0 bridgehead atoms. The predicted octanol–water partition coefficient (Wildman–Crippen LogP) is 2.63. The molecule has 0 amide bonds. The molecule has 2 rings (SSSR count). The molecule has 2 aromatic carbocycles. The van der Waals surface area contributed by atoms with Gasteiger partial charge in [0.25, 0.3) is 0 Å². The normalized spacial score (nSPS) is 9.14. The molecule has 1 heteroatoms. The third-order valence-corrected chi connectivity index (χ3v) is 2.09. The van der Waals surface area contributed by atoms with E-state index in [0.29, 0.717) is 0 Å². The van der Waals surface area contributed by atoms with Crippen LogP contribution in [0.2, 0.25) is 0 Å². The standard InChI is InChI=1S/C13H12.Li.H/c1-3-7-12(8-4-1)11-13-9-5-2-6-10-13;;/h1-10H,11H2;;. The second-order valence-electron chi connectivity index (χ2n) is 3.15. The summed E-state index contributed by atoms with van der Waals surface area (Å²) < 4.78 is 0. The van der Waals surface area contributed by atoms with Crippen molar-refractivity contribution in [1.29, 1.82) is 0 Å². The van der Waals surface area contributed by atoms with Gasteiger partial charge in [0.2, 0.25) is 0 Å². The van der Waals surface area contributed by atoms with E-state index < -0.39 is 0 Å². The Morgan fingerprint density at radius 1 is 0.571 bits per heavy atom. The number of hydrogen-bond donors (Lipinski definition) is 0. The van der Waals surface area contributed by atoms with Gasteiger partial charge in [-0.1, -0.05) is 60.7 Å². The monoisotopic (exact) mass is 176 g/mol. The van der Waals surface area contributed by atoms with Gasteiger partial charge >= 0.3 is 18.9 Å². The molecular formula is C13H13Li. The van der Waals surface area contributed by atoms with Crippen molar-refractivity contribution in [3.8, 4) is 0 Å². The van der Waals surface area contributed by atoms with E-state index in [2.05, 4.69) is 60.7 Å². The summed E-state index contributed by atoms with van der Waals surface area (Å²) in [7, 11) is 0. The molecule has 0 saturated heterocycles. The van der Waals surface area contributed by atoms with E-state index in [9.17, 15) is 0 Å². The van der Waals surface area contributed by atoms with Crippen molar-refractivity contribution in [3.63, 3.8) is 0 Å². The first kappa shape index (κ1) is 11.1. The van der Waals surface area contributed by atoms with Gasteiger partial charge in [0.15, 0.2) is 0 Å². The van der Waals surface area contributed by atoms with Crippen LogP contribution in [0.3, 0.4) is 0 Å². The third-order valence-electron chi connectivity index (χ3n) is 2.09. The predicted molar refractivity (Wildman–Crippen MR) is 62.8 cm³/mol. The minimum atomic E-state index is 0. The number of hydrogen-bond acceptors (Lipinski definition) is 0. The fourth-order valence-corrected chi connectivity index (χ4v) is 1.43. The largest absolute Gasteiger partial charge is 0.0622 e. The van der Waals surface area contributed by atoms with Crippen molar-refractivity contribution >= 4 is 18.9 Å². The molecule has 0 saturated carbocycles. The maximum absolute atomic E-state index is 2.16. The molecule has 0 atom stereocenters. The second-order valence-corrected chi connectivity index (χ2v) is 3.15. The molecule has 0 aliphatic heterocycles. The van der Waals surface area contributed by atoms with Gasteiger partial charge < -0.3 is 0 Å².